The molecule has 2 N–H and O–H groups in total. The molecule has 24 heavy (non-hydrogen) atoms. The van der Waals surface area contributed by atoms with E-state index in [4.69, 9.17) is 12.2 Å². The van der Waals surface area contributed by atoms with E-state index < -0.39 is 6.61 Å². The van der Waals surface area contributed by atoms with E-state index in [0.29, 0.717) is 21.7 Å². The highest BCUT2D eigenvalue weighted by molar-refractivity contribution is 7.71. The van der Waals surface area contributed by atoms with Gasteiger partial charge in [0, 0.05) is 18.7 Å². The number of nitrogens with zero attached hydrogens (tertiary/aromatic N) is 2. The average molecular weight is 354 g/mol. The maximum absolute atomic E-state index is 12.4. The largest absolute Gasteiger partial charge is 0.434 e. The van der Waals surface area contributed by atoms with Gasteiger partial charge in [-0.2, -0.15) is 13.9 Å². The van der Waals surface area contributed by atoms with Crippen molar-refractivity contribution >= 4 is 23.7 Å². The van der Waals surface area contributed by atoms with E-state index in [1.807, 2.05) is 0 Å². The zero-order valence-corrected chi connectivity index (χ0v) is 13.9. The number of alkyl halides is 2. The van der Waals surface area contributed by atoms with Gasteiger partial charge >= 0.3 is 6.61 Å². The van der Waals surface area contributed by atoms with Crippen LogP contribution in [0.5, 0.6) is 5.75 Å². The quantitative estimate of drug-likeness (QED) is 0.618. The third-order valence-electron chi connectivity index (χ3n) is 3.27. The first-order chi connectivity index (χ1) is 11.4. The molecule has 0 unspecified atom stereocenters. The molecule has 0 aliphatic carbocycles. The van der Waals surface area contributed by atoms with Gasteiger partial charge in [0.25, 0.3) is 0 Å². The molecule has 0 radical (unpaired) electrons. The van der Waals surface area contributed by atoms with Gasteiger partial charge in [0.2, 0.25) is 5.91 Å². The van der Waals surface area contributed by atoms with Gasteiger partial charge in [-0.15, -0.1) is 0 Å². The number of aromatic nitrogens is 3. The molecule has 9 heteroatoms. The first-order valence-electron chi connectivity index (χ1n) is 6.99. The number of carbonyl (C=O) groups excluding carboxylic acids is 1. The van der Waals surface area contributed by atoms with Crippen LogP contribution in [0.2, 0.25) is 0 Å². The molecule has 2 aromatic rings. The molecule has 1 aromatic heterocycles. The summed E-state index contributed by atoms with van der Waals surface area (Å²) in [5.74, 6) is 0.206. The van der Waals surface area contributed by atoms with Gasteiger partial charge < -0.3 is 14.6 Å². The smallest absolute Gasteiger partial charge is 0.387 e. The third-order valence-corrected chi connectivity index (χ3v) is 3.63. The molecule has 1 aromatic carbocycles. The molecule has 0 saturated carbocycles. The van der Waals surface area contributed by atoms with Gasteiger partial charge in [0.05, 0.1) is 6.54 Å². The predicted molar refractivity (Wildman–Crippen MR) is 87.0 cm³/mol. The van der Waals surface area contributed by atoms with Crippen molar-refractivity contribution < 1.29 is 18.3 Å². The molecule has 6 nitrogen and oxygen atoms in total. The van der Waals surface area contributed by atoms with Gasteiger partial charge in [-0.25, -0.2) is 0 Å². The predicted octanol–water partition coefficient (Wildman–Crippen LogP) is 2.80. The van der Waals surface area contributed by atoms with Gasteiger partial charge in [-0.1, -0.05) is 18.2 Å². The summed E-state index contributed by atoms with van der Waals surface area (Å²) in [4.78, 5) is 12.0. The summed E-state index contributed by atoms with van der Waals surface area (Å²) in [6.45, 7) is -1.11. The first kappa shape index (κ1) is 17.8. The molecule has 0 fully saturated rings. The minimum atomic E-state index is -2.93. The van der Waals surface area contributed by atoms with Crippen molar-refractivity contribution in [1.82, 2.24) is 20.1 Å². The number of benzene rings is 1. The van der Waals surface area contributed by atoms with E-state index in [1.165, 1.54) is 12.1 Å². The Hall–Kier alpha value is -2.55. The molecule has 128 valence electrons. The lowest BCUT2D eigenvalue weighted by atomic mass is 10.1. The second kappa shape index (κ2) is 7.82. The normalized spacial score (nSPS) is 11.6. The van der Waals surface area contributed by atoms with Gasteiger partial charge in [0.15, 0.2) is 10.6 Å². The number of rotatable bonds is 6. The Morgan fingerprint density at radius 2 is 2.21 bits per heavy atom. The average Bonchev–Trinajstić information content (AvgIpc) is 2.84. The van der Waals surface area contributed by atoms with E-state index >= 15 is 0 Å². The fourth-order valence-corrected chi connectivity index (χ4v) is 2.17. The second-order valence-corrected chi connectivity index (χ2v) is 5.31. The summed E-state index contributed by atoms with van der Waals surface area (Å²) >= 11 is 4.98. The molecular formula is C15H16F2N4O2S. The van der Waals surface area contributed by atoms with Crippen molar-refractivity contribution in [2.45, 2.75) is 20.1 Å². The topological polar surface area (TPSA) is 71.9 Å². The van der Waals surface area contributed by atoms with Crippen LogP contribution in [-0.2, 0) is 18.4 Å². The second-order valence-electron chi connectivity index (χ2n) is 4.92. The van der Waals surface area contributed by atoms with Crippen molar-refractivity contribution in [2.75, 3.05) is 0 Å². The number of aromatic amines is 1. The molecule has 0 bridgehead atoms. The summed E-state index contributed by atoms with van der Waals surface area (Å²) in [5, 5.41) is 9.25. The van der Waals surface area contributed by atoms with E-state index in [9.17, 15) is 13.6 Å². The number of halogens is 2. The van der Waals surface area contributed by atoms with Crippen LogP contribution < -0.4 is 10.1 Å². The molecule has 1 heterocycles. The van der Waals surface area contributed by atoms with Crippen molar-refractivity contribution in [3.63, 3.8) is 0 Å². The van der Waals surface area contributed by atoms with Crippen molar-refractivity contribution in [1.29, 1.82) is 0 Å². The third kappa shape index (κ3) is 4.48. The summed E-state index contributed by atoms with van der Waals surface area (Å²) in [6, 6.07) is 6.29. The fraction of sp³-hybridized carbons (Fsp3) is 0.267. The van der Waals surface area contributed by atoms with Gasteiger partial charge in [-0.3, -0.25) is 9.89 Å². The Labute approximate surface area is 142 Å². The van der Waals surface area contributed by atoms with Crippen molar-refractivity contribution in [2.24, 2.45) is 7.05 Å². The van der Waals surface area contributed by atoms with E-state index in [-0.39, 0.29) is 18.2 Å². The summed E-state index contributed by atoms with van der Waals surface area (Å²) in [6.07, 6.45) is 1.31. The van der Waals surface area contributed by atoms with E-state index in [1.54, 1.807) is 36.7 Å². The summed E-state index contributed by atoms with van der Waals surface area (Å²) < 4.78 is 31.4. The van der Waals surface area contributed by atoms with E-state index in [0.717, 1.165) is 0 Å². The molecule has 0 atom stereocenters. The number of hydrogen-bond acceptors (Lipinski definition) is 4. The number of allylic oxidation sites excluding steroid dienone is 1. The molecule has 0 saturated heterocycles. The minimum absolute atomic E-state index is 0.0171. The zero-order valence-electron chi connectivity index (χ0n) is 13.0. The summed E-state index contributed by atoms with van der Waals surface area (Å²) in [5.41, 5.74) is 0.922. The Morgan fingerprint density at radius 3 is 2.83 bits per heavy atom. The number of hydrogen-bond donors (Lipinski definition) is 2. The number of nitrogens with one attached hydrogen (secondary N) is 2. The highest BCUT2D eigenvalue weighted by Gasteiger charge is 2.11. The van der Waals surface area contributed by atoms with Crippen molar-refractivity contribution in [3.8, 4) is 5.75 Å². The molecule has 0 spiro atoms. The first-order valence-corrected chi connectivity index (χ1v) is 7.40. The van der Waals surface area contributed by atoms with Crippen LogP contribution in [0.4, 0.5) is 8.78 Å². The van der Waals surface area contributed by atoms with E-state index in [2.05, 4.69) is 20.3 Å². The Balaban J connectivity index is 2.08. The number of carbonyl (C=O) groups is 1. The Morgan fingerprint density at radius 1 is 1.50 bits per heavy atom. The molecule has 1 amide bonds. The SMILES string of the molecule is C/C(=C/C(=O)NCc1n[nH]c(=S)n1C)c1ccccc1OC(F)F. The lowest BCUT2D eigenvalue weighted by Crippen LogP contribution is -2.22. The maximum atomic E-state index is 12.4. The monoisotopic (exact) mass is 354 g/mol. The fourth-order valence-electron chi connectivity index (χ4n) is 2.02. The highest BCUT2D eigenvalue weighted by Crippen LogP contribution is 2.26. The number of ether oxygens (including phenoxy) is 1. The molecule has 2 rings (SSSR count). The summed E-state index contributed by atoms with van der Waals surface area (Å²) in [7, 11) is 1.73. The number of amides is 1. The zero-order chi connectivity index (χ0) is 17.7. The van der Waals surface area contributed by atoms with Crippen LogP contribution in [0.15, 0.2) is 30.3 Å². The van der Waals surface area contributed by atoms with Crippen molar-refractivity contribution in [3.05, 3.63) is 46.5 Å². The maximum Gasteiger partial charge on any atom is 0.387 e. The van der Waals surface area contributed by atoms with Crippen LogP contribution in [-0.4, -0.2) is 27.3 Å². The Bertz CT molecular complexity index is 814. The highest BCUT2D eigenvalue weighted by atomic mass is 32.1. The van der Waals surface area contributed by atoms with Crippen LogP contribution in [0.1, 0.15) is 18.3 Å². The number of para-hydroxylation sites is 1. The Kier molecular flexibility index (Phi) is 5.80. The number of H-pyrrole nitrogens is 1. The molecular weight excluding hydrogens is 338 g/mol. The van der Waals surface area contributed by atoms with Crippen LogP contribution in [0, 0.1) is 4.77 Å². The standard InChI is InChI=1S/C15H16F2N4O2S/c1-9(10-5-3-4-6-11(10)23-14(16)17)7-13(22)18-8-12-19-20-15(24)21(12)2/h3-7,14H,8H2,1-2H3,(H,18,22)(H,20,24)/b9-7-. The van der Waals surface area contributed by atoms with Gasteiger partial charge in [-0.05, 0) is 30.8 Å². The van der Waals surface area contributed by atoms with Crippen LogP contribution in [0.25, 0.3) is 5.57 Å². The molecule has 0 aliphatic rings. The minimum Gasteiger partial charge on any atom is -0.434 e. The van der Waals surface area contributed by atoms with Crippen LogP contribution in [0.3, 0.4) is 0 Å². The lowest BCUT2D eigenvalue weighted by molar-refractivity contribution is -0.116. The molecule has 0 aliphatic heterocycles. The lowest BCUT2D eigenvalue weighted by Gasteiger charge is -2.11. The van der Waals surface area contributed by atoms with Crippen LogP contribution >= 0.6 is 12.2 Å². The van der Waals surface area contributed by atoms with Gasteiger partial charge in [0.1, 0.15) is 5.75 Å².